The minimum Gasteiger partial charge on any atom is -0.462 e. The van der Waals surface area contributed by atoms with E-state index in [9.17, 15) is 9.59 Å². The Balaban J connectivity index is 1.21. The second-order valence-electron chi connectivity index (χ2n) is 36.4. The van der Waals surface area contributed by atoms with Gasteiger partial charge in [-0.25, -0.2) is 39.5 Å². The molecule has 0 atom stereocenters. The SMILES string of the molecule is CCCCOC(=O)c1ccc(CSc2c(SCc3ccc(C(=O)OCCCC)cc3)c3nc4nc(nc5[nH]c(nc6nc(nc2[nH]3)C(c2ccc(C(C)(C)C)cc2)=C6c2ccc(C(C)(C)C)cc2)c(-c2ccc(C(C)(C)C)cc2)c5-c2ccc(C(C)(C)C)cc2)C(c2ccc(C(C)(C)C)cc2)=C4c2ccc(C(C)(C)C)cc2)cc1. The zero-order valence-electron chi connectivity index (χ0n) is 70.3. The molecule has 0 saturated heterocycles. The molecule has 586 valence electrons. The standard InChI is InChI=1S/C100H110N8O4S2/c1-21-23-57-111-93(109)69-29-25-61(26-30-69)59-113-83-84(114-60-62-27-31-70(32-28-62)94(110)112-58-24-22-2)92-107-90-82(68-43-55-76(56-44-68)100(18,19)20)80(66-39-51-74(52-40-66)98(12,13)14)88(105-90)103-86-78(64-35-47-72(48-36-64)96(6,7)8)77(63-33-45-71(46-34-63)95(3,4)5)85(101-86)102-87-79(65-37-49-73(50-38-65)97(9,10)11)81(89(104-87)106-91(83)108-92)67-41-53-75(54-42-67)99(15,16)17/h25-56H,21-24,57-60H2,1-20H3,(H2,101,102,103,104,105,106,107,108). The summed E-state index contributed by atoms with van der Waals surface area (Å²) in [5.41, 5.74) is 21.8. The van der Waals surface area contributed by atoms with Crippen LogP contribution in [-0.2, 0) is 53.5 Å². The summed E-state index contributed by atoms with van der Waals surface area (Å²) in [6, 6.07) is 68.7. The smallest absolute Gasteiger partial charge is 0.338 e. The third-order valence-corrected chi connectivity index (χ3v) is 23.8. The molecule has 114 heavy (non-hydrogen) atoms. The summed E-state index contributed by atoms with van der Waals surface area (Å²) in [6.45, 7) is 45.3. The number of carbonyl (C=O) groups excluding carboxylic acids is 2. The molecule has 0 aliphatic carbocycles. The highest BCUT2D eigenvalue weighted by Gasteiger charge is 2.33. The van der Waals surface area contributed by atoms with Gasteiger partial charge in [0.15, 0.2) is 23.3 Å². The minimum absolute atomic E-state index is 0.136. The van der Waals surface area contributed by atoms with Crippen LogP contribution in [0.3, 0.4) is 0 Å². The van der Waals surface area contributed by atoms with Crippen molar-refractivity contribution in [3.63, 3.8) is 0 Å². The van der Waals surface area contributed by atoms with Crippen molar-refractivity contribution in [3.8, 4) is 22.3 Å². The van der Waals surface area contributed by atoms with Crippen molar-refractivity contribution in [3.05, 3.63) is 295 Å². The van der Waals surface area contributed by atoms with E-state index in [1.54, 1.807) is 23.5 Å². The van der Waals surface area contributed by atoms with Gasteiger partial charge in [0.05, 0.1) is 34.1 Å². The molecule has 13 rings (SSSR count). The van der Waals surface area contributed by atoms with E-state index in [0.717, 1.165) is 113 Å². The lowest BCUT2D eigenvalue weighted by atomic mass is 9.84. The van der Waals surface area contributed by atoms with Crippen LogP contribution < -0.4 is 0 Å². The average molecular weight is 1550 g/mol. The molecule has 0 unspecified atom stereocenters. The minimum atomic E-state index is -0.349. The summed E-state index contributed by atoms with van der Waals surface area (Å²) in [4.78, 5) is 72.0. The van der Waals surface area contributed by atoms with E-state index in [-0.39, 0.29) is 44.4 Å². The van der Waals surface area contributed by atoms with Crippen molar-refractivity contribution in [2.24, 2.45) is 0 Å². The van der Waals surface area contributed by atoms with Gasteiger partial charge in [0.2, 0.25) is 0 Å². The number of nitrogens with one attached hydrogen (secondary N) is 2. The van der Waals surface area contributed by atoms with Crippen molar-refractivity contribution in [1.82, 2.24) is 39.9 Å². The number of H-pyrrole nitrogens is 2. The van der Waals surface area contributed by atoms with Gasteiger partial charge in [0.25, 0.3) is 0 Å². The number of hydrogen-bond donors (Lipinski definition) is 2. The molecule has 0 radical (unpaired) electrons. The third kappa shape index (κ3) is 18.3. The zero-order valence-corrected chi connectivity index (χ0v) is 71.9. The number of hydrogen-bond acceptors (Lipinski definition) is 12. The largest absolute Gasteiger partial charge is 0.462 e. The van der Waals surface area contributed by atoms with E-state index in [1.807, 2.05) is 48.5 Å². The Bertz CT molecular complexity index is 5250. The Morgan fingerprint density at radius 2 is 0.526 bits per heavy atom. The van der Waals surface area contributed by atoms with E-state index in [2.05, 4.69) is 294 Å². The van der Waals surface area contributed by atoms with E-state index in [4.69, 9.17) is 39.4 Å². The molecule has 11 aromatic rings. The second kappa shape index (κ2) is 32.9. The zero-order chi connectivity index (χ0) is 81.4. The molecule has 0 amide bonds. The second-order valence-corrected chi connectivity index (χ2v) is 38.4. The van der Waals surface area contributed by atoms with E-state index in [0.29, 0.717) is 81.7 Å². The first kappa shape index (κ1) is 81.7. The fourth-order valence-corrected chi connectivity index (χ4v) is 16.5. The third-order valence-electron chi connectivity index (χ3n) is 21.4. The number of thioether (sulfide) groups is 2. The van der Waals surface area contributed by atoms with E-state index in [1.165, 1.54) is 33.4 Å². The van der Waals surface area contributed by atoms with Gasteiger partial charge in [-0.05, 0) is 147 Å². The molecule has 3 aromatic heterocycles. The number of rotatable bonds is 20. The maximum atomic E-state index is 13.4. The molecule has 14 heteroatoms. The number of nitrogens with zero attached hydrogens (tertiary/aromatic N) is 6. The van der Waals surface area contributed by atoms with Crippen LogP contribution in [0.1, 0.15) is 275 Å². The summed E-state index contributed by atoms with van der Waals surface area (Å²) >= 11 is 3.26. The van der Waals surface area contributed by atoms with Crippen molar-refractivity contribution < 1.29 is 19.1 Å². The van der Waals surface area contributed by atoms with E-state index >= 15 is 0 Å². The molecule has 2 N–H and O–H groups in total. The Kier molecular flexibility index (Phi) is 23.6. The predicted octanol–water partition coefficient (Wildman–Crippen LogP) is 25.5. The van der Waals surface area contributed by atoms with Gasteiger partial charge in [-0.1, -0.05) is 321 Å². The maximum absolute atomic E-state index is 13.4. The number of fused-ring (bicyclic) bond motifs is 8. The summed E-state index contributed by atoms with van der Waals surface area (Å²) in [5.74, 6) is 2.04. The fourth-order valence-electron chi connectivity index (χ4n) is 14.2. The number of aromatic nitrogens is 8. The van der Waals surface area contributed by atoms with Crippen LogP contribution in [-0.4, -0.2) is 65.0 Å². The lowest BCUT2D eigenvalue weighted by Crippen LogP contribution is -2.11. The topological polar surface area (TPSA) is 162 Å². The Morgan fingerprint density at radius 3 is 0.763 bits per heavy atom. The average Bonchev–Trinajstić information content (AvgIpc) is 1.58. The number of esters is 2. The number of unbranched alkanes of at least 4 members (excludes halogenated alkanes) is 2. The number of aromatic amines is 2. The van der Waals surface area contributed by atoms with Gasteiger partial charge in [0.1, 0.15) is 22.6 Å². The number of ether oxygens (including phenoxy) is 2. The molecule has 8 aromatic carbocycles. The molecule has 5 heterocycles. The fraction of sp³-hybridized carbons (Fsp3) is 0.340. The van der Waals surface area contributed by atoms with Crippen LogP contribution in [0.25, 0.3) is 67.1 Å². The first-order valence-electron chi connectivity index (χ1n) is 40.3. The quantitative estimate of drug-likeness (QED) is 0.0423. The molecule has 0 fully saturated rings. The van der Waals surface area contributed by atoms with Gasteiger partial charge in [-0.3, -0.25) is 0 Å². The Hall–Kier alpha value is -10.3. The normalized spacial score (nSPS) is 13.1. The van der Waals surface area contributed by atoms with Crippen LogP contribution in [0.4, 0.5) is 0 Å². The van der Waals surface area contributed by atoms with Crippen LogP contribution in [0.2, 0.25) is 0 Å². The maximum Gasteiger partial charge on any atom is 0.338 e. The summed E-state index contributed by atoms with van der Waals surface area (Å²) in [6.07, 6.45) is 3.42. The molecule has 12 nitrogen and oxygen atoms in total. The van der Waals surface area contributed by atoms with Crippen molar-refractivity contribution >= 4 is 80.3 Å². The van der Waals surface area contributed by atoms with Crippen LogP contribution in [0.5, 0.6) is 0 Å². The van der Waals surface area contributed by atoms with Crippen LogP contribution >= 0.6 is 23.5 Å². The molecular formula is C100H110N8O4S2. The highest BCUT2D eigenvalue weighted by Crippen LogP contribution is 2.48. The molecular weight excluding hydrogens is 1440 g/mol. The summed E-state index contributed by atoms with van der Waals surface area (Å²) < 4.78 is 11.4. The predicted molar refractivity (Wildman–Crippen MR) is 473 cm³/mol. The highest BCUT2D eigenvalue weighted by atomic mass is 32.2. The Morgan fingerprint density at radius 1 is 0.298 bits per heavy atom. The molecule has 0 spiro atoms. The lowest BCUT2D eigenvalue weighted by Gasteiger charge is -2.20. The highest BCUT2D eigenvalue weighted by molar-refractivity contribution is 8.01. The molecule has 8 bridgehead atoms. The summed E-state index contributed by atoms with van der Waals surface area (Å²) in [7, 11) is 0. The molecule has 0 saturated carbocycles. The van der Waals surface area contributed by atoms with Crippen molar-refractivity contribution in [2.45, 2.75) is 218 Å². The van der Waals surface area contributed by atoms with Gasteiger partial charge in [-0.2, -0.15) is 0 Å². The van der Waals surface area contributed by atoms with Crippen molar-refractivity contribution in [1.29, 1.82) is 0 Å². The lowest BCUT2D eigenvalue weighted by molar-refractivity contribution is 0.0490. The van der Waals surface area contributed by atoms with Gasteiger partial charge < -0.3 is 19.4 Å². The number of benzene rings is 8. The van der Waals surface area contributed by atoms with Crippen molar-refractivity contribution in [2.75, 3.05) is 13.2 Å². The summed E-state index contributed by atoms with van der Waals surface area (Å²) in [5, 5.41) is 0. The monoisotopic (exact) mass is 1550 g/mol. The van der Waals surface area contributed by atoms with Gasteiger partial charge in [-0.15, -0.1) is 23.5 Å². The van der Waals surface area contributed by atoms with Crippen LogP contribution in [0.15, 0.2) is 204 Å². The first-order chi connectivity index (χ1) is 54.0. The molecule has 2 aliphatic heterocycles. The van der Waals surface area contributed by atoms with Gasteiger partial charge >= 0.3 is 11.9 Å². The Labute approximate surface area is 683 Å². The first-order valence-corrected chi connectivity index (χ1v) is 42.2. The molecule has 2 aliphatic rings. The van der Waals surface area contributed by atoms with E-state index < -0.39 is 0 Å². The number of carbonyl (C=O) groups is 2. The van der Waals surface area contributed by atoms with Crippen LogP contribution in [0, 0.1) is 0 Å². The van der Waals surface area contributed by atoms with Gasteiger partial charge in [0, 0.05) is 44.9 Å².